The lowest BCUT2D eigenvalue weighted by molar-refractivity contribution is 0.0988. The van der Waals surface area contributed by atoms with Crippen molar-refractivity contribution in [3.8, 4) is 17.2 Å². The molecule has 8 nitrogen and oxygen atoms in total. The van der Waals surface area contributed by atoms with E-state index in [0.717, 1.165) is 5.56 Å². The number of fused-ring (bicyclic) bond motifs is 1. The second kappa shape index (κ2) is 7.92. The van der Waals surface area contributed by atoms with Gasteiger partial charge in [-0.05, 0) is 42.3 Å². The van der Waals surface area contributed by atoms with Crippen LogP contribution in [0.25, 0.3) is 0 Å². The molecular weight excluding hydrogens is 396 g/mol. The van der Waals surface area contributed by atoms with E-state index in [0.29, 0.717) is 41.5 Å². The van der Waals surface area contributed by atoms with E-state index in [-0.39, 0.29) is 10.8 Å². The number of rotatable bonds is 6. The second-order valence-electron chi connectivity index (χ2n) is 6.70. The minimum Gasteiger partial charge on any atom is -0.493 e. The molecule has 1 aliphatic heterocycles. The van der Waals surface area contributed by atoms with E-state index >= 15 is 0 Å². The summed E-state index contributed by atoms with van der Waals surface area (Å²) in [5.74, 6) is 0.960. The van der Waals surface area contributed by atoms with Gasteiger partial charge in [-0.15, -0.1) is 0 Å². The van der Waals surface area contributed by atoms with Crippen molar-refractivity contribution in [2.75, 3.05) is 46.9 Å². The number of carbonyl (C=O) groups is 1. The number of methoxy groups -OCH3 is 3. The second-order valence-corrected chi connectivity index (χ2v) is 8.85. The predicted molar refractivity (Wildman–Crippen MR) is 109 cm³/mol. The Kier molecular flexibility index (Phi) is 5.72. The molecule has 9 heteroatoms. The fourth-order valence-electron chi connectivity index (χ4n) is 3.32. The van der Waals surface area contributed by atoms with Gasteiger partial charge < -0.3 is 19.1 Å². The number of hydrogen-bond donors (Lipinski definition) is 0. The van der Waals surface area contributed by atoms with Crippen molar-refractivity contribution in [3.63, 3.8) is 0 Å². The summed E-state index contributed by atoms with van der Waals surface area (Å²) in [5, 5.41) is 0. The minimum absolute atomic E-state index is 0.211. The van der Waals surface area contributed by atoms with E-state index in [1.807, 2.05) is 0 Å². The molecule has 0 spiro atoms. The van der Waals surface area contributed by atoms with Gasteiger partial charge in [-0.1, -0.05) is 0 Å². The number of hydrogen-bond acceptors (Lipinski definition) is 6. The third-order valence-corrected chi connectivity index (χ3v) is 6.69. The van der Waals surface area contributed by atoms with E-state index in [1.54, 1.807) is 29.2 Å². The molecule has 0 bridgehead atoms. The molecule has 0 saturated carbocycles. The van der Waals surface area contributed by atoms with Gasteiger partial charge in [-0.2, -0.15) is 0 Å². The fourth-order valence-corrected chi connectivity index (χ4v) is 4.27. The lowest BCUT2D eigenvalue weighted by Crippen LogP contribution is -2.29. The van der Waals surface area contributed by atoms with Crippen LogP contribution < -0.4 is 19.1 Å². The zero-order chi connectivity index (χ0) is 21.3. The maximum absolute atomic E-state index is 13.2. The molecule has 1 heterocycles. The zero-order valence-corrected chi connectivity index (χ0v) is 17.9. The SMILES string of the molecule is COc1cc(C(=O)N2CCc3cc(S(=O)(=O)N(C)C)ccc32)cc(OC)c1OC. The summed E-state index contributed by atoms with van der Waals surface area (Å²) < 4.78 is 41.9. The summed E-state index contributed by atoms with van der Waals surface area (Å²) in [6.07, 6.45) is 0.572. The lowest BCUT2D eigenvalue weighted by atomic mass is 10.1. The molecule has 0 atom stereocenters. The number of carbonyl (C=O) groups excluding carboxylic acids is 1. The number of sulfonamides is 1. The van der Waals surface area contributed by atoms with Crippen LogP contribution in [-0.4, -0.2) is 60.6 Å². The highest BCUT2D eigenvalue weighted by molar-refractivity contribution is 7.89. The third-order valence-electron chi connectivity index (χ3n) is 4.88. The van der Waals surface area contributed by atoms with Gasteiger partial charge in [0.05, 0.1) is 26.2 Å². The molecule has 156 valence electrons. The average Bonchev–Trinajstić information content (AvgIpc) is 3.15. The fraction of sp³-hybridized carbons (Fsp3) is 0.350. The van der Waals surface area contributed by atoms with Gasteiger partial charge >= 0.3 is 0 Å². The van der Waals surface area contributed by atoms with Crippen molar-refractivity contribution in [2.45, 2.75) is 11.3 Å². The third kappa shape index (κ3) is 3.63. The van der Waals surface area contributed by atoms with E-state index in [1.165, 1.54) is 45.8 Å². The van der Waals surface area contributed by atoms with Crippen LogP contribution in [0.2, 0.25) is 0 Å². The van der Waals surface area contributed by atoms with E-state index in [4.69, 9.17) is 14.2 Å². The molecule has 2 aromatic carbocycles. The average molecular weight is 420 g/mol. The first-order valence-corrected chi connectivity index (χ1v) is 10.4. The number of nitrogens with zero attached hydrogens (tertiary/aromatic N) is 2. The van der Waals surface area contributed by atoms with Crippen LogP contribution in [0, 0.1) is 0 Å². The monoisotopic (exact) mass is 420 g/mol. The number of amides is 1. The molecule has 1 amide bonds. The van der Waals surface area contributed by atoms with Crippen LogP contribution in [0.5, 0.6) is 17.2 Å². The van der Waals surface area contributed by atoms with Crippen LogP contribution in [0.1, 0.15) is 15.9 Å². The smallest absolute Gasteiger partial charge is 0.258 e. The van der Waals surface area contributed by atoms with Crippen LogP contribution in [0.4, 0.5) is 5.69 Å². The standard InChI is InChI=1S/C20H24N2O6S/c1-21(2)29(24,25)15-6-7-16-13(10-15)8-9-22(16)20(23)14-11-17(26-3)19(28-5)18(12-14)27-4/h6-7,10-12H,8-9H2,1-5H3. The molecule has 0 radical (unpaired) electrons. The van der Waals surface area contributed by atoms with Crippen LogP contribution in [0.3, 0.4) is 0 Å². The molecule has 0 saturated heterocycles. The summed E-state index contributed by atoms with van der Waals surface area (Å²) in [4.78, 5) is 15.0. The highest BCUT2D eigenvalue weighted by atomic mass is 32.2. The zero-order valence-electron chi connectivity index (χ0n) is 17.1. The topological polar surface area (TPSA) is 85.4 Å². The largest absolute Gasteiger partial charge is 0.493 e. The van der Waals surface area contributed by atoms with Gasteiger partial charge in [0, 0.05) is 31.9 Å². The van der Waals surface area contributed by atoms with Gasteiger partial charge in [-0.25, -0.2) is 12.7 Å². The Morgan fingerprint density at radius 2 is 1.62 bits per heavy atom. The molecule has 0 N–H and O–H groups in total. The Morgan fingerprint density at radius 1 is 1.00 bits per heavy atom. The predicted octanol–water partition coefficient (Wildman–Crippen LogP) is 2.17. The summed E-state index contributed by atoms with van der Waals surface area (Å²) >= 11 is 0. The highest BCUT2D eigenvalue weighted by Crippen LogP contribution is 2.39. The lowest BCUT2D eigenvalue weighted by Gasteiger charge is -2.20. The van der Waals surface area contributed by atoms with Gasteiger partial charge in [0.2, 0.25) is 15.8 Å². The Morgan fingerprint density at radius 3 is 2.14 bits per heavy atom. The molecular formula is C20H24N2O6S. The van der Waals surface area contributed by atoms with Crippen molar-refractivity contribution < 1.29 is 27.4 Å². The van der Waals surface area contributed by atoms with E-state index < -0.39 is 10.0 Å². The normalized spacial score (nSPS) is 13.4. The van der Waals surface area contributed by atoms with E-state index in [2.05, 4.69) is 0 Å². The van der Waals surface area contributed by atoms with Crippen LogP contribution >= 0.6 is 0 Å². The minimum atomic E-state index is -3.53. The van der Waals surface area contributed by atoms with Gasteiger partial charge in [0.1, 0.15) is 0 Å². The van der Waals surface area contributed by atoms with Crippen molar-refractivity contribution in [3.05, 3.63) is 41.5 Å². The molecule has 0 unspecified atom stereocenters. The highest BCUT2D eigenvalue weighted by Gasteiger charge is 2.29. The van der Waals surface area contributed by atoms with Crippen LogP contribution in [-0.2, 0) is 16.4 Å². The summed E-state index contributed by atoms with van der Waals surface area (Å²) in [7, 11) is 3.92. The molecule has 29 heavy (non-hydrogen) atoms. The van der Waals surface area contributed by atoms with Gasteiger partial charge in [-0.3, -0.25) is 4.79 Å². The number of anilines is 1. The Hall–Kier alpha value is -2.78. The van der Waals surface area contributed by atoms with Crippen molar-refractivity contribution >= 4 is 21.6 Å². The maximum Gasteiger partial charge on any atom is 0.258 e. The quantitative estimate of drug-likeness (QED) is 0.712. The number of ether oxygens (including phenoxy) is 3. The summed E-state index contributed by atoms with van der Waals surface area (Å²) in [6.45, 7) is 0.455. The first kappa shape index (κ1) is 20.9. The Bertz CT molecular complexity index is 1020. The van der Waals surface area contributed by atoms with Crippen molar-refractivity contribution in [2.24, 2.45) is 0 Å². The molecule has 0 aromatic heterocycles. The molecule has 0 fully saturated rings. The van der Waals surface area contributed by atoms with E-state index in [9.17, 15) is 13.2 Å². The van der Waals surface area contributed by atoms with Crippen molar-refractivity contribution in [1.82, 2.24) is 4.31 Å². The Labute approximate surface area is 170 Å². The van der Waals surface area contributed by atoms with Gasteiger partial charge in [0.25, 0.3) is 5.91 Å². The molecule has 2 aromatic rings. The van der Waals surface area contributed by atoms with Gasteiger partial charge in [0.15, 0.2) is 11.5 Å². The maximum atomic E-state index is 13.2. The Balaban J connectivity index is 1.98. The number of benzene rings is 2. The summed E-state index contributed by atoms with van der Waals surface area (Å²) in [6, 6.07) is 8.04. The molecule has 3 rings (SSSR count). The summed E-state index contributed by atoms with van der Waals surface area (Å²) in [5.41, 5.74) is 1.90. The molecule has 1 aliphatic rings. The van der Waals surface area contributed by atoms with Crippen molar-refractivity contribution in [1.29, 1.82) is 0 Å². The van der Waals surface area contributed by atoms with Crippen LogP contribution in [0.15, 0.2) is 35.2 Å². The first-order valence-electron chi connectivity index (χ1n) is 8.92. The first-order chi connectivity index (χ1) is 13.7. The molecule has 0 aliphatic carbocycles.